The number of aromatic amines is 1. The third kappa shape index (κ3) is 8.96. The molecule has 4 aromatic carbocycles. The SMILES string of the molecule is COC(=O)CC[C@H](NC(=O)c1ccc(NCc2ccc3ccc4nc(C)[nH]c(=O)c4c3c2)cc1F)C(=O)N[C@@H](Cc1ccc(O)c(C(=O)OC)c1)C(=O)O. The normalized spacial score (nSPS) is 12.1. The number of carboxylic acids is 1. The Morgan fingerprint density at radius 3 is 2.33 bits per heavy atom. The number of anilines is 1. The maximum atomic E-state index is 15.4. The van der Waals surface area contributed by atoms with Gasteiger partial charge < -0.3 is 40.6 Å². The average Bonchev–Trinajstić information content (AvgIpc) is 3.14. The number of aromatic hydroxyl groups is 1. The van der Waals surface area contributed by atoms with Gasteiger partial charge in [0, 0.05) is 25.1 Å². The lowest BCUT2D eigenvalue weighted by Gasteiger charge is -2.22. The lowest BCUT2D eigenvalue weighted by atomic mass is 10.0. The number of H-pyrrole nitrogens is 1. The minimum Gasteiger partial charge on any atom is -0.507 e. The van der Waals surface area contributed by atoms with Gasteiger partial charge in [-0.1, -0.05) is 24.3 Å². The highest BCUT2D eigenvalue weighted by atomic mass is 19.1. The molecule has 15 nitrogen and oxygen atoms in total. The molecular formula is C38H36FN5O10. The summed E-state index contributed by atoms with van der Waals surface area (Å²) in [5, 5.41) is 29.6. The van der Waals surface area contributed by atoms with Gasteiger partial charge in [0.05, 0.1) is 30.7 Å². The second-order valence-corrected chi connectivity index (χ2v) is 12.3. The summed E-state index contributed by atoms with van der Waals surface area (Å²) < 4.78 is 24.6. The molecule has 0 aliphatic rings. The molecule has 2 atom stereocenters. The van der Waals surface area contributed by atoms with Crippen molar-refractivity contribution in [3.8, 4) is 5.75 Å². The lowest BCUT2D eigenvalue weighted by Crippen LogP contribution is -2.52. The second-order valence-electron chi connectivity index (χ2n) is 12.3. The smallest absolute Gasteiger partial charge is 0.341 e. The molecule has 0 saturated carbocycles. The summed E-state index contributed by atoms with van der Waals surface area (Å²) in [5.41, 5.74) is 1.01. The number of hydrogen-bond donors (Lipinski definition) is 6. The van der Waals surface area contributed by atoms with E-state index in [2.05, 4.69) is 35.4 Å². The molecule has 1 aromatic heterocycles. The molecule has 0 aliphatic carbocycles. The number of aryl methyl sites for hydroxylation is 1. The molecule has 0 spiro atoms. The van der Waals surface area contributed by atoms with Crippen LogP contribution in [-0.2, 0) is 36.8 Å². The number of hydrogen-bond acceptors (Lipinski definition) is 11. The molecule has 0 fully saturated rings. The number of fused-ring (bicyclic) bond motifs is 3. The molecule has 54 heavy (non-hydrogen) atoms. The van der Waals surface area contributed by atoms with Gasteiger partial charge >= 0.3 is 17.9 Å². The number of esters is 2. The van der Waals surface area contributed by atoms with Crippen LogP contribution < -0.4 is 21.5 Å². The van der Waals surface area contributed by atoms with Crippen molar-refractivity contribution in [1.82, 2.24) is 20.6 Å². The van der Waals surface area contributed by atoms with Crippen molar-refractivity contribution in [3.63, 3.8) is 0 Å². The fourth-order valence-corrected chi connectivity index (χ4v) is 5.81. The van der Waals surface area contributed by atoms with Crippen LogP contribution in [0.25, 0.3) is 21.7 Å². The van der Waals surface area contributed by atoms with E-state index in [1.54, 1.807) is 13.0 Å². The maximum Gasteiger partial charge on any atom is 0.341 e. The molecule has 5 aromatic rings. The highest BCUT2D eigenvalue weighted by molar-refractivity contribution is 6.06. The van der Waals surface area contributed by atoms with Crippen molar-refractivity contribution < 1.29 is 48.0 Å². The van der Waals surface area contributed by atoms with Crippen LogP contribution in [0.3, 0.4) is 0 Å². The number of aliphatic carboxylic acids is 1. The summed E-state index contributed by atoms with van der Waals surface area (Å²) in [7, 11) is 2.23. The first-order valence-electron chi connectivity index (χ1n) is 16.5. The van der Waals surface area contributed by atoms with Crippen molar-refractivity contribution in [2.45, 2.75) is 44.8 Å². The summed E-state index contributed by atoms with van der Waals surface area (Å²) in [6.07, 6.45) is -0.989. The van der Waals surface area contributed by atoms with Gasteiger partial charge in [0.25, 0.3) is 11.5 Å². The van der Waals surface area contributed by atoms with E-state index in [0.717, 1.165) is 31.2 Å². The Labute approximate surface area is 306 Å². The Balaban J connectivity index is 1.29. The van der Waals surface area contributed by atoms with Gasteiger partial charge in [-0.25, -0.2) is 19.0 Å². The van der Waals surface area contributed by atoms with Gasteiger partial charge in [-0.15, -0.1) is 0 Å². The van der Waals surface area contributed by atoms with E-state index in [9.17, 15) is 39.0 Å². The van der Waals surface area contributed by atoms with E-state index >= 15 is 4.39 Å². The lowest BCUT2D eigenvalue weighted by molar-refractivity contribution is -0.143. The number of benzene rings is 4. The number of halogens is 1. The van der Waals surface area contributed by atoms with E-state index in [4.69, 9.17) is 0 Å². The summed E-state index contributed by atoms with van der Waals surface area (Å²) in [6.45, 7) is 1.94. The predicted octanol–water partition coefficient (Wildman–Crippen LogP) is 3.49. The van der Waals surface area contributed by atoms with E-state index in [-0.39, 0.29) is 42.5 Å². The number of phenolic OH excluding ortho intramolecular Hbond substituents is 1. The first-order valence-corrected chi connectivity index (χ1v) is 16.5. The van der Waals surface area contributed by atoms with Crippen molar-refractivity contribution in [2.75, 3.05) is 19.5 Å². The van der Waals surface area contributed by atoms with E-state index in [0.29, 0.717) is 27.8 Å². The number of ether oxygens (including phenoxy) is 2. The van der Waals surface area contributed by atoms with Crippen molar-refractivity contribution in [2.24, 2.45) is 0 Å². The summed E-state index contributed by atoms with van der Waals surface area (Å²) >= 11 is 0. The summed E-state index contributed by atoms with van der Waals surface area (Å²) in [6, 6.07) is 13.6. The van der Waals surface area contributed by atoms with Crippen molar-refractivity contribution in [1.29, 1.82) is 0 Å². The van der Waals surface area contributed by atoms with E-state index in [1.807, 2.05) is 24.3 Å². The number of methoxy groups -OCH3 is 2. The number of rotatable bonds is 14. The number of phenols is 1. The molecule has 16 heteroatoms. The highest BCUT2D eigenvalue weighted by Crippen LogP contribution is 2.24. The fraction of sp³-hybridized carbons (Fsp3) is 0.237. The molecule has 0 unspecified atom stereocenters. The number of amides is 2. The molecule has 6 N–H and O–H groups in total. The Bertz CT molecular complexity index is 2340. The highest BCUT2D eigenvalue weighted by Gasteiger charge is 2.29. The van der Waals surface area contributed by atoms with Gasteiger partial charge in [-0.3, -0.25) is 19.2 Å². The van der Waals surface area contributed by atoms with E-state index < -0.39 is 58.9 Å². The summed E-state index contributed by atoms with van der Waals surface area (Å²) in [4.78, 5) is 82.5. The topological polar surface area (TPSA) is 226 Å². The van der Waals surface area contributed by atoms with Gasteiger partial charge in [0.15, 0.2) is 0 Å². The molecule has 1 heterocycles. The number of nitrogens with one attached hydrogen (secondary N) is 4. The first-order chi connectivity index (χ1) is 25.8. The molecule has 2 amide bonds. The predicted molar refractivity (Wildman–Crippen MR) is 194 cm³/mol. The molecule has 280 valence electrons. The van der Waals surface area contributed by atoms with Crippen LogP contribution >= 0.6 is 0 Å². The van der Waals surface area contributed by atoms with Crippen LogP contribution in [0, 0.1) is 12.7 Å². The van der Waals surface area contributed by atoms with Crippen molar-refractivity contribution in [3.05, 3.63) is 111 Å². The van der Waals surface area contributed by atoms with Crippen molar-refractivity contribution >= 4 is 57.1 Å². The molecule has 0 radical (unpaired) electrons. The minimum atomic E-state index is -1.57. The number of nitrogens with zero attached hydrogens (tertiary/aromatic N) is 1. The molecular weight excluding hydrogens is 705 g/mol. The minimum absolute atomic E-state index is 0.218. The zero-order valence-corrected chi connectivity index (χ0v) is 29.3. The summed E-state index contributed by atoms with van der Waals surface area (Å²) in [5.74, 6) is -5.85. The Morgan fingerprint density at radius 2 is 1.63 bits per heavy atom. The third-order valence-corrected chi connectivity index (χ3v) is 8.59. The van der Waals surface area contributed by atoms with Crippen LogP contribution in [-0.4, -0.2) is 76.2 Å². The maximum absolute atomic E-state index is 15.4. The number of carboxylic acid groups (broad SMARTS) is 1. The van der Waals surface area contributed by atoms with Gasteiger partial charge in [-0.2, -0.15) is 0 Å². The standard InChI is InChI=1S/C38H36FN5O10/c1-19-41-28-10-7-22-6-4-21(15-25(22)33(28)36(49)42-19)18-40-23-8-9-24(27(39)17-23)34(47)43-29(11-13-32(46)53-2)35(48)44-30(37(50)51)16-20-5-12-31(45)26(14-20)38(52)54-3/h4-10,12,14-15,17,29-30,40,45H,11,13,16,18H2,1-3H3,(H,43,47)(H,44,48)(H,50,51)(H,41,42,49)/t29-,30-/m0/s1. The van der Waals surface area contributed by atoms with Gasteiger partial charge in [0.2, 0.25) is 5.91 Å². The van der Waals surface area contributed by atoms with Gasteiger partial charge in [-0.05, 0) is 77.7 Å². The third-order valence-electron chi connectivity index (χ3n) is 8.59. The number of carbonyl (C=O) groups excluding carboxylic acids is 4. The van der Waals surface area contributed by atoms with Gasteiger partial charge in [0.1, 0.15) is 35.0 Å². The fourth-order valence-electron chi connectivity index (χ4n) is 5.81. The number of aromatic nitrogens is 2. The monoisotopic (exact) mass is 741 g/mol. The van der Waals surface area contributed by atoms with Crippen LogP contribution in [0.5, 0.6) is 5.75 Å². The zero-order valence-electron chi connectivity index (χ0n) is 29.3. The largest absolute Gasteiger partial charge is 0.507 e. The quantitative estimate of drug-likeness (QED) is 0.0711. The Hall–Kier alpha value is -6.84. The Kier molecular flexibility index (Phi) is 11.8. The first kappa shape index (κ1) is 38.4. The molecule has 0 saturated heterocycles. The van der Waals surface area contributed by atoms with Crippen LogP contribution in [0.4, 0.5) is 10.1 Å². The van der Waals surface area contributed by atoms with E-state index in [1.165, 1.54) is 30.3 Å². The van der Waals surface area contributed by atoms with Crippen LogP contribution in [0.2, 0.25) is 0 Å². The average molecular weight is 742 g/mol. The van der Waals surface area contributed by atoms with Crippen LogP contribution in [0.15, 0.2) is 71.5 Å². The molecule has 0 bridgehead atoms. The Morgan fingerprint density at radius 1 is 0.889 bits per heavy atom. The molecule has 5 rings (SSSR count). The van der Waals surface area contributed by atoms with Crippen LogP contribution in [0.1, 0.15) is 50.5 Å². The zero-order chi connectivity index (χ0) is 39.1. The second kappa shape index (κ2) is 16.7. The molecule has 0 aliphatic heterocycles. The number of carbonyl (C=O) groups is 5.